The van der Waals surface area contributed by atoms with Crippen LogP contribution in [0.5, 0.6) is 5.75 Å². The number of hydrogen-bond acceptors (Lipinski definition) is 3. The van der Waals surface area contributed by atoms with E-state index < -0.39 is 5.91 Å². The van der Waals surface area contributed by atoms with Gasteiger partial charge in [0.05, 0.1) is 7.11 Å². The first-order chi connectivity index (χ1) is 14.3. The van der Waals surface area contributed by atoms with E-state index in [4.69, 9.17) is 16.3 Å². The number of rotatable bonds is 5. The molecule has 3 rings (SSSR count). The Bertz CT molecular complexity index is 1170. The molecule has 0 bridgehead atoms. The minimum Gasteiger partial charge on any atom is -0.497 e. The number of benzene rings is 2. The quantitative estimate of drug-likeness (QED) is 0.431. The first-order valence-electron chi connectivity index (χ1n) is 9.36. The average molecular weight is 420 g/mol. The number of nitrogens with one attached hydrogen (secondary N) is 1. The smallest absolute Gasteiger partial charge is 0.266 e. The number of nitriles is 1. The summed E-state index contributed by atoms with van der Waals surface area (Å²) < 4.78 is 7.29. The van der Waals surface area contributed by atoms with Crippen molar-refractivity contribution in [2.45, 2.75) is 20.8 Å². The Labute approximate surface area is 181 Å². The van der Waals surface area contributed by atoms with Gasteiger partial charge in [-0.1, -0.05) is 17.7 Å². The Morgan fingerprint density at radius 1 is 1.13 bits per heavy atom. The van der Waals surface area contributed by atoms with E-state index in [1.807, 2.05) is 63.2 Å². The lowest BCUT2D eigenvalue weighted by atomic mass is 10.1. The summed E-state index contributed by atoms with van der Waals surface area (Å²) in [6, 6.07) is 16.9. The first kappa shape index (κ1) is 21.2. The van der Waals surface area contributed by atoms with Crippen LogP contribution in [0.3, 0.4) is 0 Å². The van der Waals surface area contributed by atoms with Crippen LogP contribution in [0.25, 0.3) is 11.8 Å². The molecule has 1 aromatic heterocycles. The standard InChI is InChI=1S/C24H22ClN3O2/c1-15-5-6-20(13-23(15)25)27-24(29)19(14-26)12-18-11-16(2)28(17(18)3)21-7-9-22(30-4)10-8-21/h5-13H,1-4H3,(H,27,29). The molecule has 0 saturated carbocycles. The normalized spacial score (nSPS) is 11.1. The third-order valence-corrected chi connectivity index (χ3v) is 5.30. The van der Waals surface area contributed by atoms with Crippen LogP contribution in [-0.4, -0.2) is 17.6 Å². The highest BCUT2D eigenvalue weighted by Crippen LogP contribution is 2.25. The lowest BCUT2D eigenvalue weighted by Crippen LogP contribution is -2.13. The number of nitrogens with zero attached hydrogens (tertiary/aromatic N) is 2. The molecule has 0 aliphatic carbocycles. The molecule has 0 atom stereocenters. The van der Waals surface area contributed by atoms with Crippen LogP contribution < -0.4 is 10.1 Å². The lowest BCUT2D eigenvalue weighted by molar-refractivity contribution is -0.112. The van der Waals surface area contributed by atoms with E-state index in [9.17, 15) is 10.1 Å². The lowest BCUT2D eigenvalue weighted by Gasteiger charge is -2.10. The Kier molecular flexibility index (Phi) is 6.29. The summed E-state index contributed by atoms with van der Waals surface area (Å²) in [7, 11) is 1.63. The molecular weight excluding hydrogens is 398 g/mol. The van der Waals surface area contributed by atoms with E-state index in [0.29, 0.717) is 10.7 Å². The predicted octanol–water partition coefficient (Wildman–Crippen LogP) is 5.61. The van der Waals surface area contributed by atoms with Gasteiger partial charge in [0.25, 0.3) is 5.91 Å². The number of carbonyl (C=O) groups excluding carboxylic acids is 1. The summed E-state index contributed by atoms with van der Waals surface area (Å²) in [5, 5.41) is 12.8. The van der Waals surface area contributed by atoms with Crippen LogP contribution >= 0.6 is 11.6 Å². The van der Waals surface area contributed by atoms with Gasteiger partial charge in [-0.3, -0.25) is 4.79 Å². The van der Waals surface area contributed by atoms with E-state index >= 15 is 0 Å². The molecule has 1 N–H and O–H groups in total. The molecule has 5 nitrogen and oxygen atoms in total. The molecule has 0 aliphatic heterocycles. The zero-order chi connectivity index (χ0) is 21.8. The molecule has 152 valence electrons. The molecule has 0 saturated heterocycles. The van der Waals surface area contributed by atoms with Crippen molar-refractivity contribution in [3.63, 3.8) is 0 Å². The van der Waals surface area contributed by atoms with Crippen LogP contribution in [0, 0.1) is 32.1 Å². The Balaban J connectivity index is 1.91. The second-order valence-electron chi connectivity index (χ2n) is 6.95. The zero-order valence-corrected chi connectivity index (χ0v) is 18.0. The Morgan fingerprint density at radius 3 is 2.43 bits per heavy atom. The van der Waals surface area contributed by atoms with Crippen LogP contribution in [0.2, 0.25) is 5.02 Å². The molecule has 1 heterocycles. The van der Waals surface area contributed by atoms with Crippen molar-refractivity contribution in [2.75, 3.05) is 12.4 Å². The maximum Gasteiger partial charge on any atom is 0.266 e. The van der Waals surface area contributed by atoms with Crippen molar-refractivity contribution in [1.29, 1.82) is 5.26 Å². The van der Waals surface area contributed by atoms with E-state index in [1.165, 1.54) is 0 Å². The summed E-state index contributed by atoms with van der Waals surface area (Å²) in [5.41, 5.74) is 5.17. The van der Waals surface area contributed by atoms with E-state index in [-0.39, 0.29) is 5.57 Å². The van der Waals surface area contributed by atoms with Crippen LogP contribution in [0.4, 0.5) is 5.69 Å². The molecular formula is C24H22ClN3O2. The van der Waals surface area contributed by atoms with Gasteiger partial charge >= 0.3 is 0 Å². The van der Waals surface area contributed by atoms with E-state index in [2.05, 4.69) is 9.88 Å². The molecule has 0 unspecified atom stereocenters. The third kappa shape index (κ3) is 4.40. The SMILES string of the molecule is COc1ccc(-n2c(C)cc(C=C(C#N)C(=O)Nc3ccc(C)c(Cl)c3)c2C)cc1. The summed E-state index contributed by atoms with van der Waals surface area (Å²) in [6.45, 7) is 5.82. The minimum atomic E-state index is -0.480. The van der Waals surface area contributed by atoms with E-state index in [1.54, 1.807) is 25.3 Å². The topological polar surface area (TPSA) is 67.0 Å². The number of aryl methyl sites for hydroxylation is 2. The Morgan fingerprint density at radius 2 is 1.83 bits per heavy atom. The van der Waals surface area contributed by atoms with Gasteiger partial charge in [0, 0.05) is 27.8 Å². The summed E-state index contributed by atoms with van der Waals surface area (Å²) in [5.74, 6) is 0.299. The molecule has 1 amide bonds. The van der Waals surface area contributed by atoms with Crippen molar-refractivity contribution in [2.24, 2.45) is 0 Å². The maximum atomic E-state index is 12.6. The number of methoxy groups -OCH3 is 1. The van der Waals surface area contributed by atoms with Gasteiger partial charge in [0.1, 0.15) is 17.4 Å². The monoisotopic (exact) mass is 419 g/mol. The number of carbonyl (C=O) groups is 1. The highest BCUT2D eigenvalue weighted by molar-refractivity contribution is 6.31. The summed E-state index contributed by atoms with van der Waals surface area (Å²) in [4.78, 5) is 12.6. The number of aromatic nitrogens is 1. The van der Waals surface area contributed by atoms with Crippen LogP contribution in [0.1, 0.15) is 22.5 Å². The average Bonchev–Trinajstić information content (AvgIpc) is 3.01. The van der Waals surface area contributed by atoms with Crippen molar-refractivity contribution in [3.05, 3.63) is 81.6 Å². The van der Waals surface area contributed by atoms with Gasteiger partial charge in [0.15, 0.2) is 0 Å². The van der Waals surface area contributed by atoms with Gasteiger partial charge < -0.3 is 14.6 Å². The first-order valence-corrected chi connectivity index (χ1v) is 9.74. The summed E-state index contributed by atoms with van der Waals surface area (Å²) in [6.07, 6.45) is 1.60. The van der Waals surface area contributed by atoms with Gasteiger partial charge in [-0.05, 0) is 80.4 Å². The number of ether oxygens (including phenoxy) is 1. The highest BCUT2D eigenvalue weighted by Gasteiger charge is 2.14. The minimum absolute atomic E-state index is 0.0154. The van der Waals surface area contributed by atoms with Crippen molar-refractivity contribution < 1.29 is 9.53 Å². The Hall–Kier alpha value is -3.49. The fourth-order valence-corrected chi connectivity index (χ4v) is 3.42. The molecule has 3 aromatic rings. The number of hydrogen-bond donors (Lipinski definition) is 1. The van der Waals surface area contributed by atoms with Gasteiger partial charge in [0.2, 0.25) is 0 Å². The molecule has 0 aliphatic rings. The second-order valence-corrected chi connectivity index (χ2v) is 7.36. The molecule has 30 heavy (non-hydrogen) atoms. The van der Waals surface area contributed by atoms with Gasteiger partial charge in [-0.25, -0.2) is 0 Å². The zero-order valence-electron chi connectivity index (χ0n) is 17.3. The number of anilines is 1. The van der Waals surface area contributed by atoms with E-state index in [0.717, 1.165) is 34.0 Å². The fraction of sp³-hybridized carbons (Fsp3) is 0.167. The molecule has 6 heteroatoms. The van der Waals surface area contributed by atoms with Crippen molar-refractivity contribution in [3.8, 4) is 17.5 Å². The van der Waals surface area contributed by atoms with Gasteiger partial charge in [-0.15, -0.1) is 0 Å². The third-order valence-electron chi connectivity index (χ3n) is 4.90. The van der Waals surface area contributed by atoms with Crippen molar-refractivity contribution >= 4 is 29.3 Å². The molecule has 0 fully saturated rings. The van der Waals surface area contributed by atoms with Crippen molar-refractivity contribution in [1.82, 2.24) is 4.57 Å². The largest absolute Gasteiger partial charge is 0.497 e. The summed E-state index contributed by atoms with van der Waals surface area (Å²) >= 11 is 6.12. The maximum absolute atomic E-state index is 12.6. The molecule has 2 aromatic carbocycles. The molecule has 0 radical (unpaired) electrons. The second kappa shape index (κ2) is 8.89. The predicted molar refractivity (Wildman–Crippen MR) is 120 cm³/mol. The van der Waals surface area contributed by atoms with Crippen LogP contribution in [-0.2, 0) is 4.79 Å². The molecule has 0 spiro atoms. The fourth-order valence-electron chi connectivity index (χ4n) is 3.24. The number of amides is 1. The van der Waals surface area contributed by atoms with Crippen LogP contribution in [0.15, 0.2) is 54.1 Å². The highest BCUT2D eigenvalue weighted by atomic mass is 35.5. The number of halogens is 1. The van der Waals surface area contributed by atoms with Gasteiger partial charge in [-0.2, -0.15) is 5.26 Å².